The second-order valence-electron chi connectivity index (χ2n) is 7.00. The topological polar surface area (TPSA) is 63.2 Å². The average Bonchev–Trinajstić information content (AvgIpc) is 3.38. The lowest BCUT2D eigenvalue weighted by Crippen LogP contribution is -2.47. The lowest BCUT2D eigenvalue weighted by atomic mass is 10.1. The van der Waals surface area contributed by atoms with E-state index in [2.05, 4.69) is 62.6 Å². The molecule has 0 N–H and O–H groups in total. The Morgan fingerprint density at radius 1 is 1.00 bits per heavy atom. The van der Waals surface area contributed by atoms with Crippen LogP contribution in [0, 0.1) is 0 Å². The zero-order valence-electron chi connectivity index (χ0n) is 15.7. The summed E-state index contributed by atoms with van der Waals surface area (Å²) < 4.78 is 7.32. The van der Waals surface area contributed by atoms with Gasteiger partial charge >= 0.3 is 0 Å². The summed E-state index contributed by atoms with van der Waals surface area (Å²) in [6, 6.07) is 14.8. The molecule has 0 bridgehead atoms. The van der Waals surface area contributed by atoms with Gasteiger partial charge in [0.1, 0.15) is 12.3 Å². The Kier molecular flexibility index (Phi) is 5.60. The minimum Gasteiger partial charge on any atom is -0.467 e. The summed E-state index contributed by atoms with van der Waals surface area (Å²) in [4.78, 5) is 5.02. The van der Waals surface area contributed by atoms with E-state index < -0.39 is 0 Å². The van der Waals surface area contributed by atoms with Gasteiger partial charge in [-0.05, 0) is 34.5 Å². The van der Waals surface area contributed by atoms with E-state index in [9.17, 15) is 0 Å². The van der Waals surface area contributed by atoms with Crippen molar-refractivity contribution in [2.24, 2.45) is 0 Å². The maximum absolute atomic E-state index is 5.45. The third kappa shape index (κ3) is 4.26. The van der Waals surface area contributed by atoms with Gasteiger partial charge in [-0.2, -0.15) is 0 Å². The van der Waals surface area contributed by atoms with Crippen molar-refractivity contribution in [1.29, 1.82) is 0 Å². The van der Waals surface area contributed by atoms with Crippen LogP contribution in [0.3, 0.4) is 0 Å². The molecule has 1 aliphatic heterocycles. The summed E-state index contributed by atoms with van der Waals surface area (Å²) >= 11 is 0. The molecule has 1 saturated heterocycles. The second kappa shape index (κ2) is 8.45. The molecular weight excluding hydrogens is 340 g/mol. The van der Waals surface area contributed by atoms with E-state index in [-0.39, 0.29) is 6.04 Å². The monoisotopic (exact) mass is 366 g/mol. The fraction of sp³-hybridized carbons (Fsp3) is 0.450. The first kappa shape index (κ1) is 17.9. The molecule has 1 atom stereocenters. The molecule has 2 aromatic heterocycles. The van der Waals surface area contributed by atoms with Crippen LogP contribution in [0.4, 0.5) is 0 Å². The van der Waals surface area contributed by atoms with Gasteiger partial charge in [0.05, 0.1) is 12.3 Å². The van der Waals surface area contributed by atoms with Gasteiger partial charge in [0.25, 0.3) is 0 Å². The van der Waals surface area contributed by atoms with Crippen molar-refractivity contribution in [3.05, 3.63) is 65.9 Å². The number of piperazine rings is 1. The number of furan rings is 1. The van der Waals surface area contributed by atoms with Crippen LogP contribution >= 0.6 is 0 Å². The highest BCUT2D eigenvalue weighted by Crippen LogP contribution is 2.24. The molecule has 3 aromatic rings. The molecule has 0 saturated carbocycles. The summed E-state index contributed by atoms with van der Waals surface area (Å²) in [6.07, 6.45) is 2.67. The molecule has 142 valence electrons. The van der Waals surface area contributed by atoms with Crippen LogP contribution < -0.4 is 0 Å². The van der Waals surface area contributed by atoms with E-state index in [0.717, 1.165) is 50.7 Å². The van der Waals surface area contributed by atoms with Crippen molar-refractivity contribution in [3.8, 4) is 0 Å². The molecule has 27 heavy (non-hydrogen) atoms. The van der Waals surface area contributed by atoms with Gasteiger partial charge in [-0.15, -0.1) is 5.10 Å². The molecule has 0 spiro atoms. The Balaban J connectivity index is 1.39. The quantitative estimate of drug-likeness (QED) is 0.640. The Bertz CT molecular complexity index is 808. The normalized spacial score (nSPS) is 17.2. The van der Waals surface area contributed by atoms with Crippen LogP contribution in [0.2, 0.25) is 0 Å². The number of rotatable bonds is 7. The largest absolute Gasteiger partial charge is 0.467 e. The highest BCUT2D eigenvalue weighted by Gasteiger charge is 2.28. The van der Waals surface area contributed by atoms with E-state index in [1.807, 2.05) is 16.8 Å². The Labute approximate surface area is 159 Å². The minimum atomic E-state index is 0.230. The number of tetrazole rings is 1. The number of hydrogen-bond donors (Lipinski definition) is 0. The van der Waals surface area contributed by atoms with Crippen LogP contribution in [-0.2, 0) is 13.1 Å². The van der Waals surface area contributed by atoms with Gasteiger partial charge in [0.15, 0.2) is 5.82 Å². The fourth-order valence-electron chi connectivity index (χ4n) is 3.79. The Morgan fingerprint density at radius 2 is 1.81 bits per heavy atom. The van der Waals surface area contributed by atoms with Gasteiger partial charge in [-0.3, -0.25) is 9.80 Å². The Hall–Kier alpha value is -2.51. The van der Waals surface area contributed by atoms with Gasteiger partial charge in [0.2, 0.25) is 0 Å². The molecule has 4 rings (SSSR count). The van der Waals surface area contributed by atoms with Gasteiger partial charge in [-0.25, -0.2) is 4.68 Å². The molecule has 7 heteroatoms. The molecule has 0 unspecified atom stereocenters. The molecule has 1 aliphatic rings. The van der Waals surface area contributed by atoms with Crippen LogP contribution in [0.5, 0.6) is 0 Å². The predicted octanol–water partition coefficient (Wildman–Crippen LogP) is 2.58. The van der Waals surface area contributed by atoms with Gasteiger partial charge in [0, 0.05) is 32.7 Å². The van der Waals surface area contributed by atoms with Crippen LogP contribution in [0.25, 0.3) is 0 Å². The van der Waals surface area contributed by atoms with E-state index in [0.29, 0.717) is 6.54 Å². The maximum Gasteiger partial charge on any atom is 0.168 e. The van der Waals surface area contributed by atoms with E-state index >= 15 is 0 Å². The summed E-state index contributed by atoms with van der Waals surface area (Å²) in [5.74, 6) is 1.79. The van der Waals surface area contributed by atoms with Gasteiger partial charge in [-0.1, -0.05) is 37.3 Å². The molecule has 1 fully saturated rings. The van der Waals surface area contributed by atoms with Crippen molar-refractivity contribution in [2.45, 2.75) is 32.5 Å². The molecule has 0 radical (unpaired) electrons. The Morgan fingerprint density at radius 3 is 2.52 bits per heavy atom. The molecule has 1 aromatic carbocycles. The van der Waals surface area contributed by atoms with Crippen LogP contribution in [-0.4, -0.2) is 56.2 Å². The van der Waals surface area contributed by atoms with Crippen molar-refractivity contribution in [2.75, 3.05) is 26.2 Å². The average molecular weight is 366 g/mol. The van der Waals surface area contributed by atoms with Crippen molar-refractivity contribution >= 4 is 0 Å². The zero-order chi connectivity index (χ0) is 18.5. The highest BCUT2D eigenvalue weighted by atomic mass is 16.3. The van der Waals surface area contributed by atoms with Crippen LogP contribution in [0.1, 0.15) is 36.5 Å². The second-order valence-corrected chi connectivity index (χ2v) is 7.00. The van der Waals surface area contributed by atoms with E-state index in [1.54, 1.807) is 6.26 Å². The first-order valence-electron chi connectivity index (χ1n) is 9.62. The molecule has 0 aliphatic carbocycles. The highest BCUT2D eigenvalue weighted by molar-refractivity contribution is 5.14. The lowest BCUT2D eigenvalue weighted by molar-refractivity contribution is 0.0843. The molecular formula is C20H26N6O. The third-order valence-corrected chi connectivity index (χ3v) is 5.23. The third-order valence-electron chi connectivity index (χ3n) is 5.23. The van der Waals surface area contributed by atoms with E-state index in [4.69, 9.17) is 4.42 Å². The van der Waals surface area contributed by atoms with Crippen molar-refractivity contribution in [3.63, 3.8) is 0 Å². The molecule has 7 nitrogen and oxygen atoms in total. The smallest absolute Gasteiger partial charge is 0.168 e. The zero-order valence-corrected chi connectivity index (χ0v) is 15.7. The maximum atomic E-state index is 5.45. The van der Waals surface area contributed by atoms with E-state index in [1.165, 1.54) is 5.56 Å². The number of aromatic nitrogens is 4. The van der Waals surface area contributed by atoms with Crippen molar-refractivity contribution < 1.29 is 4.42 Å². The minimum absolute atomic E-state index is 0.230. The SMILES string of the molecule is CC[C@H](c1nnnn1Cc1ccco1)N1CCN(Cc2ccccc2)CC1. The number of nitrogens with zero attached hydrogens (tertiary/aromatic N) is 6. The molecule has 3 heterocycles. The van der Waals surface area contributed by atoms with Crippen LogP contribution in [0.15, 0.2) is 53.1 Å². The summed E-state index contributed by atoms with van der Waals surface area (Å²) in [6.45, 7) is 7.96. The lowest BCUT2D eigenvalue weighted by Gasteiger charge is -2.38. The number of benzene rings is 1. The first-order valence-corrected chi connectivity index (χ1v) is 9.62. The van der Waals surface area contributed by atoms with Gasteiger partial charge < -0.3 is 4.42 Å². The fourth-order valence-corrected chi connectivity index (χ4v) is 3.79. The molecule has 0 amide bonds. The standard InChI is InChI=1S/C20H26N6O/c1-2-19(20-21-22-23-26(20)16-18-9-6-14-27-18)25-12-10-24(11-13-25)15-17-7-4-3-5-8-17/h3-9,14,19H,2,10-13,15-16H2,1H3/t19-/m1/s1. The van der Waals surface area contributed by atoms with Crippen molar-refractivity contribution in [1.82, 2.24) is 30.0 Å². The number of hydrogen-bond acceptors (Lipinski definition) is 6. The first-order chi connectivity index (χ1) is 13.3. The summed E-state index contributed by atoms with van der Waals surface area (Å²) in [7, 11) is 0. The summed E-state index contributed by atoms with van der Waals surface area (Å²) in [5.41, 5.74) is 1.38. The summed E-state index contributed by atoms with van der Waals surface area (Å²) in [5, 5.41) is 12.4. The predicted molar refractivity (Wildman–Crippen MR) is 102 cm³/mol.